The van der Waals surface area contributed by atoms with Gasteiger partial charge in [0, 0.05) is 41.5 Å². The topological polar surface area (TPSA) is 87.1 Å². The number of carbonyl (C=O) groups excluding carboxylic acids is 1. The molecule has 2 heterocycles. The lowest BCUT2D eigenvalue weighted by Gasteiger charge is -2.13. The summed E-state index contributed by atoms with van der Waals surface area (Å²) in [4.78, 5) is 26.8. The minimum Gasteiger partial charge on any atom is -0.389 e. The first-order valence-electron chi connectivity index (χ1n) is 7.32. The molecule has 2 aromatic heterocycles. The molecular formula is C17H17N3O3. The van der Waals surface area contributed by atoms with Gasteiger partial charge in [-0.1, -0.05) is 6.07 Å². The zero-order chi connectivity index (χ0) is 16.2. The lowest BCUT2D eigenvalue weighted by Crippen LogP contribution is -2.36. The third kappa shape index (κ3) is 3.49. The van der Waals surface area contributed by atoms with Crippen molar-refractivity contribution in [3.05, 3.63) is 70.8 Å². The maximum atomic E-state index is 12.1. The number of fused-ring (bicyclic) bond motifs is 1. The van der Waals surface area contributed by atoms with Gasteiger partial charge in [0.1, 0.15) is 0 Å². The van der Waals surface area contributed by atoms with Crippen LogP contribution in [0.2, 0.25) is 0 Å². The van der Waals surface area contributed by atoms with Crippen LogP contribution in [0, 0.1) is 0 Å². The number of nitrogens with one attached hydrogen (secondary N) is 2. The average Bonchev–Trinajstić information content (AvgIpc) is 3.02. The van der Waals surface area contributed by atoms with Crippen LogP contribution in [0.25, 0.3) is 10.9 Å². The van der Waals surface area contributed by atoms with Gasteiger partial charge in [-0.05, 0) is 30.3 Å². The minimum absolute atomic E-state index is 0.0747. The summed E-state index contributed by atoms with van der Waals surface area (Å²) >= 11 is 0. The number of hydrogen-bond acceptors (Lipinski definition) is 3. The summed E-state index contributed by atoms with van der Waals surface area (Å²) in [7, 11) is 0. The highest BCUT2D eigenvalue weighted by Gasteiger charge is 2.10. The molecule has 3 N–H and O–H groups in total. The van der Waals surface area contributed by atoms with Gasteiger partial charge in [0.05, 0.1) is 12.6 Å². The third-order valence-electron chi connectivity index (χ3n) is 3.62. The average molecular weight is 311 g/mol. The molecule has 0 aliphatic carbocycles. The monoisotopic (exact) mass is 311 g/mol. The van der Waals surface area contributed by atoms with Crippen molar-refractivity contribution in [1.82, 2.24) is 14.9 Å². The largest absolute Gasteiger partial charge is 0.389 e. The molecule has 6 nitrogen and oxygen atoms in total. The highest BCUT2D eigenvalue weighted by Crippen LogP contribution is 2.14. The standard InChI is InChI=1S/C17H17N3O3/c21-14(11-20-8-2-1-3-16(20)22)10-19-17(23)13-4-5-15-12(9-13)6-7-18-15/h1-9,14,18,21H,10-11H2,(H,19,23). The Morgan fingerprint density at radius 1 is 1.26 bits per heavy atom. The van der Waals surface area contributed by atoms with Gasteiger partial charge in [0.25, 0.3) is 11.5 Å². The Morgan fingerprint density at radius 2 is 2.13 bits per heavy atom. The number of aliphatic hydroxyl groups excluding tert-OH is 1. The fourth-order valence-electron chi connectivity index (χ4n) is 2.41. The Kier molecular flexibility index (Phi) is 4.25. The second kappa shape index (κ2) is 6.50. The maximum absolute atomic E-state index is 12.1. The second-order valence-corrected chi connectivity index (χ2v) is 5.33. The number of carbonyl (C=O) groups is 1. The van der Waals surface area contributed by atoms with Gasteiger partial charge in [-0.25, -0.2) is 0 Å². The summed E-state index contributed by atoms with van der Waals surface area (Å²) in [5.41, 5.74) is 1.31. The van der Waals surface area contributed by atoms with Crippen molar-refractivity contribution >= 4 is 16.8 Å². The van der Waals surface area contributed by atoms with E-state index in [4.69, 9.17) is 0 Å². The molecule has 3 aromatic rings. The molecule has 0 fully saturated rings. The van der Waals surface area contributed by atoms with Gasteiger partial charge in [-0.15, -0.1) is 0 Å². The van der Waals surface area contributed by atoms with Crippen molar-refractivity contribution in [2.45, 2.75) is 12.6 Å². The molecule has 0 saturated heterocycles. The van der Waals surface area contributed by atoms with Gasteiger partial charge in [0.15, 0.2) is 0 Å². The predicted octanol–water partition coefficient (Wildman–Crippen LogP) is 1.12. The van der Waals surface area contributed by atoms with E-state index in [0.29, 0.717) is 5.56 Å². The normalized spacial score (nSPS) is 12.2. The van der Waals surface area contributed by atoms with Crippen molar-refractivity contribution in [2.75, 3.05) is 6.54 Å². The summed E-state index contributed by atoms with van der Waals surface area (Å²) in [6, 6.07) is 12.0. The molecule has 1 atom stereocenters. The fourth-order valence-corrected chi connectivity index (χ4v) is 2.41. The summed E-state index contributed by atoms with van der Waals surface area (Å²) in [6.07, 6.45) is 2.58. The number of benzene rings is 1. The summed E-state index contributed by atoms with van der Waals surface area (Å²) in [6.45, 7) is 0.210. The number of amides is 1. The van der Waals surface area contributed by atoms with Crippen LogP contribution in [0.3, 0.4) is 0 Å². The van der Waals surface area contributed by atoms with Crippen LogP contribution < -0.4 is 10.9 Å². The first-order valence-corrected chi connectivity index (χ1v) is 7.32. The van der Waals surface area contributed by atoms with E-state index in [1.54, 1.807) is 30.5 Å². The van der Waals surface area contributed by atoms with E-state index >= 15 is 0 Å². The Hall–Kier alpha value is -2.86. The molecule has 3 rings (SSSR count). The van der Waals surface area contributed by atoms with Crippen molar-refractivity contribution in [1.29, 1.82) is 0 Å². The van der Waals surface area contributed by atoms with Crippen molar-refractivity contribution in [3.8, 4) is 0 Å². The molecule has 0 saturated carbocycles. The van der Waals surface area contributed by atoms with Crippen molar-refractivity contribution in [2.24, 2.45) is 0 Å². The van der Waals surface area contributed by atoms with E-state index < -0.39 is 6.10 Å². The number of hydrogen-bond donors (Lipinski definition) is 3. The molecule has 1 amide bonds. The summed E-state index contributed by atoms with van der Waals surface area (Å²) in [5, 5.41) is 13.6. The minimum atomic E-state index is -0.838. The highest BCUT2D eigenvalue weighted by molar-refractivity contribution is 5.98. The van der Waals surface area contributed by atoms with Gasteiger partial charge in [-0.3, -0.25) is 9.59 Å². The van der Waals surface area contributed by atoms with E-state index in [1.807, 2.05) is 18.3 Å². The summed E-state index contributed by atoms with van der Waals surface area (Å²) in [5.74, 6) is -0.257. The SMILES string of the molecule is O=C(NCC(O)Cn1ccccc1=O)c1ccc2[nH]ccc2c1. The number of pyridine rings is 1. The van der Waals surface area contributed by atoms with E-state index in [0.717, 1.165) is 10.9 Å². The van der Waals surface area contributed by atoms with Crippen LogP contribution in [0.1, 0.15) is 10.4 Å². The van der Waals surface area contributed by atoms with Gasteiger partial charge >= 0.3 is 0 Å². The number of aromatic amines is 1. The first-order chi connectivity index (χ1) is 11.1. The third-order valence-corrected chi connectivity index (χ3v) is 3.62. The van der Waals surface area contributed by atoms with Crippen LogP contribution in [0.5, 0.6) is 0 Å². The van der Waals surface area contributed by atoms with Crippen molar-refractivity contribution in [3.63, 3.8) is 0 Å². The lowest BCUT2D eigenvalue weighted by molar-refractivity contribution is 0.0903. The number of rotatable bonds is 5. The fraction of sp³-hybridized carbons (Fsp3) is 0.176. The van der Waals surface area contributed by atoms with Gasteiger partial charge in [-0.2, -0.15) is 0 Å². The van der Waals surface area contributed by atoms with E-state index in [2.05, 4.69) is 10.3 Å². The Morgan fingerprint density at radius 3 is 2.96 bits per heavy atom. The quantitative estimate of drug-likeness (QED) is 0.660. The molecule has 23 heavy (non-hydrogen) atoms. The molecule has 0 spiro atoms. The smallest absolute Gasteiger partial charge is 0.251 e. The van der Waals surface area contributed by atoms with E-state index in [1.165, 1.54) is 10.6 Å². The molecule has 118 valence electrons. The van der Waals surface area contributed by atoms with E-state index in [9.17, 15) is 14.7 Å². The molecule has 1 aromatic carbocycles. The molecule has 0 aliphatic heterocycles. The Bertz CT molecular complexity index is 882. The predicted molar refractivity (Wildman–Crippen MR) is 87.3 cm³/mol. The van der Waals surface area contributed by atoms with Gasteiger partial charge < -0.3 is 20.0 Å². The maximum Gasteiger partial charge on any atom is 0.251 e. The van der Waals surface area contributed by atoms with Crippen LogP contribution in [-0.4, -0.2) is 33.2 Å². The van der Waals surface area contributed by atoms with Gasteiger partial charge in [0.2, 0.25) is 0 Å². The van der Waals surface area contributed by atoms with Crippen molar-refractivity contribution < 1.29 is 9.90 Å². The number of nitrogens with zero attached hydrogens (tertiary/aromatic N) is 1. The van der Waals surface area contributed by atoms with Crippen LogP contribution >= 0.6 is 0 Å². The van der Waals surface area contributed by atoms with Crippen LogP contribution in [0.15, 0.2) is 59.7 Å². The molecule has 1 unspecified atom stereocenters. The number of aromatic nitrogens is 2. The highest BCUT2D eigenvalue weighted by atomic mass is 16.3. The zero-order valence-electron chi connectivity index (χ0n) is 12.4. The van der Waals surface area contributed by atoms with E-state index in [-0.39, 0.29) is 24.6 Å². The molecule has 0 aliphatic rings. The van der Waals surface area contributed by atoms with Crippen LogP contribution in [0.4, 0.5) is 0 Å². The Balaban J connectivity index is 1.59. The summed E-state index contributed by atoms with van der Waals surface area (Å²) < 4.78 is 1.41. The van der Waals surface area contributed by atoms with Crippen LogP contribution in [-0.2, 0) is 6.54 Å². The first kappa shape index (κ1) is 15.1. The Labute approximate surface area is 132 Å². The second-order valence-electron chi connectivity index (χ2n) is 5.33. The number of aliphatic hydroxyl groups is 1. The molecular weight excluding hydrogens is 294 g/mol. The zero-order valence-corrected chi connectivity index (χ0v) is 12.4. The molecule has 0 radical (unpaired) electrons. The molecule has 6 heteroatoms. The lowest BCUT2D eigenvalue weighted by atomic mass is 10.1. The number of H-pyrrole nitrogens is 1. The molecule has 0 bridgehead atoms.